The van der Waals surface area contributed by atoms with Crippen LogP contribution < -0.4 is 102 Å². The molecule has 0 bridgehead atoms. The fourth-order valence-corrected chi connectivity index (χ4v) is 14.8. The normalized spacial score (nSPS) is 16.5. The lowest BCUT2D eigenvalue weighted by Gasteiger charge is -2.31. The predicted molar refractivity (Wildman–Crippen MR) is 488 cm³/mol. The number of aliphatic carboxylic acids is 3. The molecule has 0 aromatic rings. The van der Waals surface area contributed by atoms with Gasteiger partial charge in [-0.25, -0.2) is 0 Å². The highest BCUT2D eigenvalue weighted by molar-refractivity contribution is 7.98. The predicted octanol–water partition coefficient (Wildman–Crippen LogP) is -6.10. The second kappa shape index (κ2) is 62.8. The van der Waals surface area contributed by atoms with Crippen LogP contribution in [0.5, 0.6) is 0 Å². The fourth-order valence-electron chi connectivity index (χ4n) is 13.8. The van der Waals surface area contributed by atoms with Crippen molar-refractivity contribution >= 4 is 148 Å². The lowest BCUT2D eigenvalue weighted by atomic mass is 9.95. The summed E-state index contributed by atoms with van der Waals surface area (Å²) in [6.45, 7) is 17.9. The van der Waals surface area contributed by atoms with E-state index in [1.54, 1.807) is 74.8 Å². The first kappa shape index (κ1) is 120. The average Bonchev–Trinajstić information content (AvgIpc) is 1.70. The van der Waals surface area contributed by atoms with Crippen molar-refractivity contribution in [1.82, 2.24) is 90.0 Å². The van der Waals surface area contributed by atoms with Crippen molar-refractivity contribution in [2.24, 2.45) is 52.7 Å². The van der Waals surface area contributed by atoms with Crippen molar-refractivity contribution in [1.29, 1.82) is 0 Å². The summed E-state index contributed by atoms with van der Waals surface area (Å²) in [4.78, 5) is 289. The molecule has 1 rings (SSSR count). The molecule has 1 saturated heterocycles. The number of primary amides is 1. The molecule has 0 aromatic heterocycles. The van der Waals surface area contributed by atoms with Crippen LogP contribution in [0.25, 0.3) is 0 Å². The van der Waals surface area contributed by atoms with Gasteiger partial charge in [0.1, 0.15) is 103 Å². The Balaban J connectivity index is 3.68. The Labute approximate surface area is 783 Å². The number of nitrogens with zero attached hydrogens (tertiary/aromatic N) is 1. The third-order valence-electron chi connectivity index (χ3n) is 21.7. The molecule has 0 aliphatic carbocycles. The summed E-state index contributed by atoms with van der Waals surface area (Å²) in [5.74, 6) is -25.1. The number of carbonyl (C=O) groups excluding carboxylic acids is 18. The maximum absolute atomic E-state index is 14.6. The molecule has 133 heavy (non-hydrogen) atoms. The van der Waals surface area contributed by atoms with Crippen molar-refractivity contribution in [2.75, 3.05) is 63.4 Å². The summed E-state index contributed by atoms with van der Waals surface area (Å²) < 4.78 is 0. The maximum atomic E-state index is 14.6. The average molecular weight is 1930 g/mol. The number of aliphatic hydroxyl groups is 3. The number of likely N-dealkylation sites (tertiary alicyclic amines) is 1. The Morgan fingerprint density at radius 2 is 0.752 bits per heavy atom. The van der Waals surface area contributed by atoms with Crippen molar-refractivity contribution in [3.63, 3.8) is 0 Å². The quantitative estimate of drug-likeness (QED) is 0.0252. The third kappa shape index (κ3) is 44.4. The van der Waals surface area contributed by atoms with Gasteiger partial charge in [-0.05, 0) is 150 Å². The molecule has 1 aliphatic rings. The van der Waals surface area contributed by atoms with Crippen LogP contribution in [0.3, 0.4) is 0 Å². The van der Waals surface area contributed by atoms with Gasteiger partial charge in [0.25, 0.3) is 0 Å². The Morgan fingerprint density at radius 1 is 0.391 bits per heavy atom. The number of unbranched alkanes of at least 4 members (excludes halogenated alkanes) is 1. The zero-order chi connectivity index (χ0) is 101. The Morgan fingerprint density at radius 3 is 1.17 bits per heavy atom. The van der Waals surface area contributed by atoms with E-state index < -0.39 is 309 Å². The molecule has 1 heterocycles. The Hall–Kier alpha value is -10.6. The third-order valence-corrected chi connectivity index (χ3v) is 22.9. The van der Waals surface area contributed by atoms with Gasteiger partial charge in [0.2, 0.25) is 106 Å². The van der Waals surface area contributed by atoms with Gasteiger partial charge >= 0.3 is 17.9 Å². The molecular weight excluding hydrogens is 1790 g/mol. The van der Waals surface area contributed by atoms with Gasteiger partial charge in [0, 0.05) is 19.4 Å². The minimum absolute atomic E-state index is 0.0461. The first-order chi connectivity index (χ1) is 62.4. The van der Waals surface area contributed by atoms with E-state index in [9.17, 15) is 126 Å². The number of aliphatic hydroxyl groups excluding tert-OH is 3. The number of carboxylic acids is 3. The van der Waals surface area contributed by atoms with Crippen molar-refractivity contribution in [3.05, 3.63) is 0 Å². The second-order valence-corrected chi connectivity index (χ2v) is 36.5. The highest BCUT2D eigenvalue weighted by atomic mass is 32.2. The molecular formula is C84H146N20O27S2. The lowest BCUT2D eigenvalue weighted by molar-refractivity contribution is -0.142. The van der Waals surface area contributed by atoms with E-state index in [-0.39, 0.29) is 101 Å². The molecule has 0 saturated carbocycles. The topological polar surface area (TPSA) is 754 Å². The largest absolute Gasteiger partial charge is 0.481 e. The number of thioether (sulfide) groups is 2. The first-order valence-corrected chi connectivity index (χ1v) is 47.5. The van der Waals surface area contributed by atoms with Gasteiger partial charge in [-0.1, -0.05) is 95.9 Å². The minimum atomic E-state index is -2.04. The molecule has 1 fully saturated rings. The van der Waals surface area contributed by atoms with E-state index in [4.69, 9.17) is 22.3 Å². The number of nitrogens with one attached hydrogen (secondary N) is 16. The van der Waals surface area contributed by atoms with Gasteiger partial charge in [-0.3, -0.25) is 101 Å². The Kier molecular flexibility index (Phi) is 56.8. The number of hydrogen-bond acceptors (Lipinski definition) is 28. The summed E-state index contributed by atoms with van der Waals surface area (Å²) in [5, 5.41) is 99.3. The highest BCUT2D eigenvalue weighted by Gasteiger charge is 2.44. The smallest absolute Gasteiger partial charge is 0.322 e. The maximum Gasteiger partial charge on any atom is 0.322 e. The summed E-state index contributed by atoms with van der Waals surface area (Å²) in [5.41, 5.74) is 16.8. The van der Waals surface area contributed by atoms with Crippen LogP contribution in [0, 0.1) is 35.5 Å². The van der Waals surface area contributed by atoms with E-state index in [0.29, 0.717) is 12.8 Å². The van der Waals surface area contributed by atoms with E-state index in [0.717, 1.165) is 6.92 Å². The zero-order valence-electron chi connectivity index (χ0n) is 78.7. The molecule has 0 spiro atoms. The van der Waals surface area contributed by atoms with E-state index in [1.165, 1.54) is 35.3 Å². The summed E-state index contributed by atoms with van der Waals surface area (Å²) >= 11 is 2.50. The number of carbonyl (C=O) groups is 21. The number of nitrogens with two attached hydrogens (primary N) is 3. The van der Waals surface area contributed by atoms with Gasteiger partial charge in [0.15, 0.2) is 0 Å². The number of carboxylic acid groups (broad SMARTS) is 3. The molecule has 1 aliphatic heterocycles. The van der Waals surface area contributed by atoms with Crippen molar-refractivity contribution in [2.45, 2.75) is 302 Å². The van der Waals surface area contributed by atoms with Gasteiger partial charge in [-0.15, -0.1) is 0 Å². The number of hydrogen-bond donors (Lipinski definition) is 25. The van der Waals surface area contributed by atoms with Gasteiger partial charge < -0.3 is 138 Å². The molecule has 0 aromatic carbocycles. The molecule has 0 radical (unpaired) electrons. The van der Waals surface area contributed by atoms with Crippen molar-refractivity contribution in [3.8, 4) is 0 Å². The van der Waals surface area contributed by atoms with Crippen LogP contribution >= 0.6 is 23.5 Å². The van der Waals surface area contributed by atoms with Gasteiger partial charge in [-0.2, -0.15) is 23.5 Å². The standard InChI is InChI=1S/C84H146N20O27S2/c1-16-45(11)66(102-77(124)55(36-63(112)113)95-70(117)49(23-25-60(87)108)91-75(122)53(33-41(3)4)96-79(126)59-22-20-30-104(59)84(131)56(35-43(7)8)89-61(109)37-86)81(128)97-54(34-42(5)6)76(123)92-50(24-26-62(110)111)71(118)98-58(40-106)78(125)93-51(27-31-132-14)72(119)90-48(21-18-19-29-85)73(120)101-67(46(12)17-2)82(129)100-65(44(9)10)80(127)94-52(28-32-133-15)74(121)103-68(47(13)107)83(130)99-57(39-105)69(116)88-38-64(114)115/h41-59,65-68,105-107H,16-40,85-86H2,1-15H3,(H2,87,108)(H,88,116)(H,89,109)(H,90,119)(H,91,122)(H,92,123)(H,93,125)(H,94,127)(H,95,117)(H,96,126)(H,97,128)(H,98,118)(H,99,130)(H,100,129)(H,101,120)(H,102,124)(H,103,121)(H,110,111)(H,112,113)(H,114,115)/t45-,46-,47+,48-,49-,50-,51-,52-,53-,54-,55-,56-,57-,58-,59-,65-,66-,67-,68-/m0/s1. The monoisotopic (exact) mass is 1930 g/mol. The molecule has 18 amide bonds. The van der Waals surface area contributed by atoms with E-state index in [2.05, 4.69) is 79.8 Å². The van der Waals surface area contributed by atoms with E-state index >= 15 is 0 Å². The van der Waals surface area contributed by atoms with Crippen LogP contribution in [-0.2, 0) is 101 Å². The zero-order valence-corrected chi connectivity index (χ0v) is 80.3. The van der Waals surface area contributed by atoms with E-state index in [1.807, 2.05) is 19.2 Å². The summed E-state index contributed by atoms with van der Waals surface area (Å²) in [7, 11) is 0. The number of rotatable bonds is 66. The number of amides is 18. The summed E-state index contributed by atoms with van der Waals surface area (Å²) in [6, 6.07) is -25.2. The molecule has 19 atom stereocenters. The minimum Gasteiger partial charge on any atom is -0.481 e. The van der Waals surface area contributed by atoms with Gasteiger partial charge in [0.05, 0.1) is 32.3 Å². The van der Waals surface area contributed by atoms with Crippen LogP contribution in [0.4, 0.5) is 0 Å². The van der Waals surface area contributed by atoms with Crippen LogP contribution in [0.2, 0.25) is 0 Å². The Bertz CT molecular complexity index is 3900. The van der Waals surface area contributed by atoms with Crippen LogP contribution in [0.15, 0.2) is 0 Å². The SMILES string of the molecule is CC[C@H](C)[C@H](NC(=O)[C@H](CC(=O)O)NC(=O)[C@H](CCC(N)=O)NC(=O)[C@H](CC(C)C)NC(=O)[C@@H]1CCCN1C(=O)[C@H](CC(C)C)NC(=O)CN)C(=O)N[C@@H](CC(C)C)C(=O)N[C@@H](CCC(=O)O)C(=O)N[C@@H](CO)C(=O)N[C@@H](CCSC)C(=O)N[C@@H](CCCCN)C(=O)N[C@H](C(=O)N[C@H](C(=O)N[C@@H](CCSC)C(=O)N[C@H](C(=O)N[C@@H](CO)C(=O)NCC(=O)O)[C@@H](C)O)C(C)C)[C@@H](C)CC. The second-order valence-electron chi connectivity index (χ2n) is 34.6. The fraction of sp³-hybridized carbons (Fsp3) is 0.750. The lowest BCUT2D eigenvalue weighted by Crippen LogP contribution is -2.63. The molecule has 756 valence electrons. The molecule has 0 unspecified atom stereocenters. The molecule has 28 N–H and O–H groups in total. The van der Waals surface area contributed by atoms with Crippen LogP contribution in [0.1, 0.15) is 199 Å². The van der Waals surface area contributed by atoms with Crippen molar-refractivity contribution < 1.29 is 131 Å². The first-order valence-electron chi connectivity index (χ1n) is 44.8. The van der Waals surface area contributed by atoms with Crippen LogP contribution in [-0.4, -0.2) is 326 Å². The molecule has 49 heteroatoms. The highest BCUT2D eigenvalue weighted by Crippen LogP contribution is 2.23. The molecule has 47 nitrogen and oxygen atoms in total. The summed E-state index contributed by atoms with van der Waals surface area (Å²) in [6.07, 6.45) is -0.895.